The molecule has 0 radical (unpaired) electrons. The highest BCUT2D eigenvalue weighted by molar-refractivity contribution is 5.81. The van der Waals surface area contributed by atoms with E-state index in [1.165, 1.54) is 6.33 Å². The van der Waals surface area contributed by atoms with Gasteiger partial charge in [-0.05, 0) is 17.7 Å². The summed E-state index contributed by atoms with van der Waals surface area (Å²) in [4.78, 5) is 12.4. The van der Waals surface area contributed by atoms with Crippen LogP contribution >= 0.6 is 0 Å². The van der Waals surface area contributed by atoms with Crippen LogP contribution in [0.4, 0.5) is 5.82 Å². The Kier molecular flexibility index (Phi) is 3.73. The third kappa shape index (κ3) is 2.99. The molecular weight excluding hydrogens is 320 g/mol. The second-order valence-corrected chi connectivity index (χ2v) is 5.56. The van der Waals surface area contributed by atoms with E-state index in [9.17, 15) is 0 Å². The molecule has 3 aromatic heterocycles. The quantitative estimate of drug-likeness (QED) is 0.581. The summed E-state index contributed by atoms with van der Waals surface area (Å²) in [5, 5.41) is 8.39. The smallest absolute Gasteiger partial charge is 0.165 e. The van der Waals surface area contributed by atoms with Crippen LogP contribution in [0, 0.1) is 0 Å². The largest absolute Gasteiger partial charge is 0.497 e. The summed E-state index contributed by atoms with van der Waals surface area (Å²) in [7, 11) is 1.65. The van der Waals surface area contributed by atoms with Gasteiger partial charge in [-0.15, -0.1) is 5.10 Å². The standard InChI is InChI=1S/C16H16N8O/c1-25-13-4-2-11(3-5-13)6-24-8-12(21-22-24)7-23-10-20-14-15(17)18-9-19-16(14)23/h2-5,8-10H,6-7H2,1H3,(H2,17,18,19). The van der Waals surface area contributed by atoms with Crippen molar-refractivity contribution in [3.63, 3.8) is 0 Å². The Labute approximate surface area is 143 Å². The summed E-state index contributed by atoms with van der Waals surface area (Å²) < 4.78 is 8.82. The number of benzene rings is 1. The number of hydrogen-bond acceptors (Lipinski definition) is 7. The van der Waals surface area contributed by atoms with Crippen LogP contribution in [0.15, 0.2) is 43.1 Å². The highest BCUT2D eigenvalue weighted by Crippen LogP contribution is 2.15. The van der Waals surface area contributed by atoms with Crippen molar-refractivity contribution in [1.29, 1.82) is 0 Å². The fraction of sp³-hybridized carbons (Fsp3) is 0.188. The average molecular weight is 336 g/mol. The lowest BCUT2D eigenvalue weighted by molar-refractivity contribution is 0.414. The Morgan fingerprint density at radius 1 is 1.08 bits per heavy atom. The molecule has 126 valence electrons. The number of ether oxygens (including phenoxy) is 1. The Balaban J connectivity index is 1.51. The van der Waals surface area contributed by atoms with E-state index in [0.29, 0.717) is 30.1 Å². The zero-order valence-electron chi connectivity index (χ0n) is 13.6. The van der Waals surface area contributed by atoms with Gasteiger partial charge in [0.05, 0.1) is 32.7 Å². The number of nitrogen functional groups attached to an aromatic ring is 1. The molecule has 0 aliphatic rings. The first-order chi connectivity index (χ1) is 12.2. The van der Waals surface area contributed by atoms with Crippen molar-refractivity contribution in [2.45, 2.75) is 13.1 Å². The summed E-state index contributed by atoms with van der Waals surface area (Å²) in [6.07, 6.45) is 5.01. The first-order valence-electron chi connectivity index (χ1n) is 7.66. The maximum Gasteiger partial charge on any atom is 0.165 e. The third-order valence-corrected chi connectivity index (χ3v) is 3.85. The van der Waals surface area contributed by atoms with Gasteiger partial charge in [0.25, 0.3) is 0 Å². The highest BCUT2D eigenvalue weighted by atomic mass is 16.5. The molecule has 0 aliphatic carbocycles. The molecular formula is C16H16N8O. The topological polar surface area (TPSA) is 110 Å². The number of methoxy groups -OCH3 is 1. The van der Waals surface area contributed by atoms with Crippen LogP contribution in [-0.4, -0.2) is 41.6 Å². The van der Waals surface area contributed by atoms with Crippen LogP contribution in [0.3, 0.4) is 0 Å². The molecule has 0 spiro atoms. The Morgan fingerprint density at radius 3 is 2.72 bits per heavy atom. The molecule has 9 nitrogen and oxygen atoms in total. The lowest BCUT2D eigenvalue weighted by atomic mass is 10.2. The monoisotopic (exact) mass is 336 g/mol. The summed E-state index contributed by atoms with van der Waals surface area (Å²) in [6, 6.07) is 7.86. The van der Waals surface area contributed by atoms with Gasteiger partial charge in [-0.25, -0.2) is 19.6 Å². The van der Waals surface area contributed by atoms with Crippen LogP contribution in [0.2, 0.25) is 0 Å². The third-order valence-electron chi connectivity index (χ3n) is 3.85. The van der Waals surface area contributed by atoms with Crippen LogP contribution in [0.25, 0.3) is 11.2 Å². The molecule has 3 heterocycles. The predicted octanol–water partition coefficient (Wildman–Crippen LogP) is 1.11. The molecule has 0 bridgehead atoms. The van der Waals surface area contributed by atoms with E-state index in [1.807, 2.05) is 35.0 Å². The molecule has 0 unspecified atom stereocenters. The van der Waals surface area contributed by atoms with Crippen LogP contribution in [0.1, 0.15) is 11.3 Å². The van der Waals surface area contributed by atoms with Gasteiger partial charge in [0.1, 0.15) is 23.3 Å². The maximum absolute atomic E-state index is 5.81. The molecule has 0 saturated carbocycles. The molecule has 0 aliphatic heterocycles. The minimum absolute atomic E-state index is 0.368. The van der Waals surface area contributed by atoms with Gasteiger partial charge in [0, 0.05) is 0 Å². The van der Waals surface area contributed by atoms with Crippen LogP contribution < -0.4 is 10.5 Å². The number of nitrogens with two attached hydrogens (primary N) is 1. The van der Waals surface area contributed by atoms with E-state index in [2.05, 4.69) is 25.3 Å². The summed E-state index contributed by atoms with van der Waals surface area (Å²) in [6.45, 7) is 1.15. The van der Waals surface area contributed by atoms with Gasteiger partial charge < -0.3 is 15.0 Å². The second kappa shape index (κ2) is 6.19. The average Bonchev–Trinajstić information content (AvgIpc) is 3.24. The van der Waals surface area contributed by atoms with Crippen molar-refractivity contribution < 1.29 is 4.74 Å². The summed E-state index contributed by atoms with van der Waals surface area (Å²) in [5.41, 5.74) is 9.00. The van der Waals surface area contributed by atoms with Crippen molar-refractivity contribution in [3.8, 4) is 5.75 Å². The number of anilines is 1. The van der Waals surface area contributed by atoms with E-state index in [0.717, 1.165) is 17.0 Å². The van der Waals surface area contributed by atoms with Crippen molar-refractivity contribution in [2.75, 3.05) is 12.8 Å². The lowest BCUT2D eigenvalue weighted by Crippen LogP contribution is -2.01. The fourth-order valence-corrected chi connectivity index (χ4v) is 2.60. The normalized spacial score (nSPS) is 11.1. The highest BCUT2D eigenvalue weighted by Gasteiger charge is 2.10. The molecule has 4 aromatic rings. The molecule has 0 amide bonds. The molecule has 1 aromatic carbocycles. The van der Waals surface area contributed by atoms with Crippen LogP contribution in [-0.2, 0) is 13.1 Å². The SMILES string of the molecule is COc1ccc(Cn2cc(Cn3cnc4c(N)ncnc43)nn2)cc1. The minimum Gasteiger partial charge on any atom is -0.497 e. The van der Waals surface area contributed by atoms with Crippen molar-refractivity contribution >= 4 is 17.0 Å². The Bertz CT molecular complexity index is 1000. The van der Waals surface area contributed by atoms with E-state index < -0.39 is 0 Å². The number of imidazole rings is 1. The van der Waals surface area contributed by atoms with Gasteiger partial charge in [-0.1, -0.05) is 17.3 Å². The van der Waals surface area contributed by atoms with Gasteiger partial charge in [0.2, 0.25) is 0 Å². The molecule has 0 fully saturated rings. The van der Waals surface area contributed by atoms with E-state index in [1.54, 1.807) is 18.1 Å². The molecule has 0 saturated heterocycles. The molecule has 2 N–H and O–H groups in total. The molecule has 25 heavy (non-hydrogen) atoms. The number of nitrogens with zero attached hydrogens (tertiary/aromatic N) is 7. The van der Waals surface area contributed by atoms with Crippen molar-refractivity contribution in [1.82, 2.24) is 34.5 Å². The first kappa shape index (κ1) is 15.1. The maximum atomic E-state index is 5.81. The summed E-state index contributed by atoms with van der Waals surface area (Å²) >= 11 is 0. The van der Waals surface area contributed by atoms with Gasteiger partial charge in [0.15, 0.2) is 11.5 Å². The van der Waals surface area contributed by atoms with Crippen LogP contribution in [0.5, 0.6) is 5.75 Å². The number of aromatic nitrogens is 7. The van der Waals surface area contributed by atoms with E-state index >= 15 is 0 Å². The van der Waals surface area contributed by atoms with Gasteiger partial charge in [-0.3, -0.25) is 0 Å². The molecule has 4 rings (SSSR count). The summed E-state index contributed by atoms with van der Waals surface area (Å²) in [5.74, 6) is 1.20. The first-order valence-corrected chi connectivity index (χ1v) is 7.66. The molecule has 9 heteroatoms. The van der Waals surface area contributed by atoms with Gasteiger partial charge >= 0.3 is 0 Å². The molecule has 0 atom stereocenters. The number of rotatable bonds is 5. The van der Waals surface area contributed by atoms with E-state index in [-0.39, 0.29) is 0 Å². The number of hydrogen-bond donors (Lipinski definition) is 1. The van der Waals surface area contributed by atoms with Crippen molar-refractivity contribution in [3.05, 3.63) is 54.4 Å². The fourth-order valence-electron chi connectivity index (χ4n) is 2.60. The van der Waals surface area contributed by atoms with Gasteiger partial charge in [-0.2, -0.15) is 0 Å². The zero-order chi connectivity index (χ0) is 17.2. The Hall–Kier alpha value is -3.49. The van der Waals surface area contributed by atoms with Crippen molar-refractivity contribution in [2.24, 2.45) is 0 Å². The Morgan fingerprint density at radius 2 is 1.92 bits per heavy atom. The number of fused-ring (bicyclic) bond motifs is 1. The zero-order valence-corrected chi connectivity index (χ0v) is 13.6. The predicted molar refractivity (Wildman–Crippen MR) is 91.0 cm³/mol. The second-order valence-electron chi connectivity index (χ2n) is 5.56. The lowest BCUT2D eigenvalue weighted by Gasteiger charge is -2.03. The minimum atomic E-state index is 0.368. The van der Waals surface area contributed by atoms with E-state index in [4.69, 9.17) is 10.5 Å².